The Bertz CT molecular complexity index is 883. The number of rotatable bonds is 11. The molecule has 1 aliphatic heterocycles. The molecule has 29 heavy (non-hydrogen) atoms. The quantitative estimate of drug-likeness (QED) is 0.500. The molecule has 0 aliphatic carbocycles. The van der Waals surface area contributed by atoms with Crippen LogP contribution in [0, 0.1) is 0 Å². The second-order valence-electron chi connectivity index (χ2n) is 6.92. The average molecular weight is 475 g/mol. The maximum Gasteiger partial charge on any atom is 0.233 e. The van der Waals surface area contributed by atoms with Gasteiger partial charge in [-0.05, 0) is 30.7 Å². The number of carbonyl (C=O) groups is 1. The van der Waals surface area contributed by atoms with Gasteiger partial charge in [0, 0.05) is 24.0 Å². The van der Waals surface area contributed by atoms with Crippen LogP contribution in [0.5, 0.6) is 0 Å². The van der Waals surface area contributed by atoms with Crippen LogP contribution in [0.4, 0.5) is 5.13 Å². The van der Waals surface area contributed by atoms with E-state index in [0.717, 1.165) is 35.3 Å². The Kier molecular flexibility index (Phi) is 8.34. The Labute approximate surface area is 184 Å². The molecule has 3 heterocycles. The van der Waals surface area contributed by atoms with Crippen LogP contribution < -0.4 is 5.32 Å². The smallest absolute Gasteiger partial charge is 0.233 e. The van der Waals surface area contributed by atoms with Crippen LogP contribution in [0.2, 0.25) is 0 Å². The van der Waals surface area contributed by atoms with Gasteiger partial charge in [-0.1, -0.05) is 42.5 Å². The van der Waals surface area contributed by atoms with Crippen molar-refractivity contribution in [2.45, 2.75) is 43.0 Å². The van der Waals surface area contributed by atoms with Gasteiger partial charge in [0.15, 0.2) is 14.2 Å². The van der Waals surface area contributed by atoms with E-state index < -0.39 is 9.84 Å². The number of nitrogens with one attached hydrogen (secondary N) is 1. The first-order valence-electron chi connectivity index (χ1n) is 9.69. The maximum atomic E-state index is 12.8. The van der Waals surface area contributed by atoms with Crippen molar-refractivity contribution in [2.24, 2.45) is 0 Å². The molecule has 1 unspecified atom stereocenters. The Morgan fingerprint density at radius 1 is 1.41 bits per heavy atom. The highest BCUT2D eigenvalue weighted by Gasteiger charge is 2.34. The first kappa shape index (κ1) is 22.5. The van der Waals surface area contributed by atoms with Crippen molar-refractivity contribution in [2.75, 3.05) is 35.7 Å². The molecular weight excluding hydrogens is 448 g/mol. The minimum Gasteiger partial charge on any atom is -0.360 e. The van der Waals surface area contributed by atoms with Crippen molar-refractivity contribution < 1.29 is 13.2 Å². The minimum absolute atomic E-state index is 0.0204. The van der Waals surface area contributed by atoms with Crippen molar-refractivity contribution in [3.63, 3.8) is 0 Å². The highest BCUT2D eigenvalue weighted by atomic mass is 32.2. The minimum atomic E-state index is -3.02. The van der Waals surface area contributed by atoms with E-state index in [1.165, 1.54) is 28.0 Å². The molecular formula is C18H26N4O3S4. The number of sulfone groups is 1. The number of hydrogen-bond donors (Lipinski definition) is 1. The molecule has 2 aromatic heterocycles. The van der Waals surface area contributed by atoms with Crippen LogP contribution >= 0.6 is 34.4 Å². The van der Waals surface area contributed by atoms with E-state index in [4.69, 9.17) is 0 Å². The summed E-state index contributed by atoms with van der Waals surface area (Å²) in [6, 6.07) is 3.96. The maximum absolute atomic E-state index is 12.8. The molecule has 1 saturated heterocycles. The molecule has 1 N–H and O–H groups in total. The normalized spacial score (nSPS) is 18.0. The number of carbonyl (C=O) groups excluding carboxylic acids is 1. The van der Waals surface area contributed by atoms with Gasteiger partial charge in [0.2, 0.25) is 11.0 Å². The third-order valence-corrected chi connectivity index (χ3v) is 9.36. The zero-order valence-corrected chi connectivity index (χ0v) is 19.6. The van der Waals surface area contributed by atoms with Gasteiger partial charge in [0.05, 0.1) is 17.3 Å². The van der Waals surface area contributed by atoms with Crippen LogP contribution in [0.1, 0.15) is 31.1 Å². The predicted octanol–water partition coefficient (Wildman–Crippen LogP) is 3.16. The monoisotopic (exact) mass is 474 g/mol. The van der Waals surface area contributed by atoms with Crippen molar-refractivity contribution in [3.8, 4) is 0 Å². The number of anilines is 1. The summed E-state index contributed by atoms with van der Waals surface area (Å²) in [4.78, 5) is 15.9. The van der Waals surface area contributed by atoms with E-state index in [0.29, 0.717) is 13.0 Å². The first-order chi connectivity index (χ1) is 14.0. The molecule has 7 nitrogen and oxygen atoms in total. The van der Waals surface area contributed by atoms with Gasteiger partial charge in [0.25, 0.3) is 0 Å². The molecule has 1 atom stereocenters. The lowest BCUT2D eigenvalue weighted by atomic mass is 10.2. The molecule has 1 amide bonds. The van der Waals surface area contributed by atoms with E-state index in [1.807, 2.05) is 6.07 Å². The fourth-order valence-electron chi connectivity index (χ4n) is 3.15. The van der Waals surface area contributed by atoms with Crippen molar-refractivity contribution in [1.29, 1.82) is 0 Å². The number of amides is 1. The largest absolute Gasteiger partial charge is 0.360 e. The van der Waals surface area contributed by atoms with Gasteiger partial charge in [0.1, 0.15) is 0 Å². The van der Waals surface area contributed by atoms with Crippen LogP contribution in [-0.2, 0) is 21.1 Å². The Hall–Kier alpha value is -1.17. The molecule has 0 saturated carbocycles. The molecule has 0 spiro atoms. The second kappa shape index (κ2) is 10.7. The molecule has 3 rings (SSSR count). The number of thiophene rings is 1. The fourth-order valence-corrected chi connectivity index (χ4v) is 7.26. The Balaban J connectivity index is 1.48. The lowest BCUT2D eigenvalue weighted by Gasteiger charge is -2.28. The summed E-state index contributed by atoms with van der Waals surface area (Å²) >= 11 is 4.54. The van der Waals surface area contributed by atoms with Crippen molar-refractivity contribution in [3.05, 3.63) is 22.4 Å². The summed E-state index contributed by atoms with van der Waals surface area (Å²) in [5.74, 6) is 0.499. The van der Waals surface area contributed by atoms with Crippen LogP contribution in [0.15, 0.2) is 21.9 Å². The SMILES string of the molecule is CCCCN(C(=O)CSc1nnc(NCCc2cccs2)s1)C1CCS(=O)(=O)C1. The number of hydrogen-bond acceptors (Lipinski definition) is 9. The van der Waals surface area contributed by atoms with Gasteiger partial charge >= 0.3 is 0 Å². The van der Waals surface area contributed by atoms with Gasteiger partial charge in [-0.15, -0.1) is 21.5 Å². The van der Waals surface area contributed by atoms with E-state index >= 15 is 0 Å². The standard InChI is InChI=1S/C18H26N4O3S4/c1-2-3-9-22(14-7-11-29(24,25)13-14)16(23)12-27-18-21-20-17(28-18)19-8-6-15-5-4-10-26-15/h4-5,10,14H,2-3,6-9,11-13H2,1H3,(H,19,20). The summed E-state index contributed by atoms with van der Waals surface area (Å²) < 4.78 is 24.4. The lowest BCUT2D eigenvalue weighted by molar-refractivity contribution is -0.130. The summed E-state index contributed by atoms with van der Waals surface area (Å²) in [6.45, 7) is 3.47. The van der Waals surface area contributed by atoms with Gasteiger partial charge in [-0.2, -0.15) is 0 Å². The first-order valence-corrected chi connectivity index (χ1v) is 14.2. The topological polar surface area (TPSA) is 92.3 Å². The molecule has 0 radical (unpaired) electrons. The van der Waals surface area contributed by atoms with Crippen molar-refractivity contribution in [1.82, 2.24) is 15.1 Å². The summed E-state index contributed by atoms with van der Waals surface area (Å²) in [7, 11) is -3.02. The molecule has 160 valence electrons. The number of aromatic nitrogens is 2. The van der Waals surface area contributed by atoms with Crippen molar-refractivity contribution >= 4 is 55.3 Å². The third kappa shape index (κ3) is 6.94. The molecule has 11 heteroatoms. The summed E-state index contributed by atoms with van der Waals surface area (Å²) in [5.41, 5.74) is 0. The number of unbranched alkanes of at least 4 members (excludes halogenated alkanes) is 1. The lowest BCUT2D eigenvalue weighted by Crippen LogP contribution is -2.42. The second-order valence-corrected chi connectivity index (χ2v) is 12.4. The molecule has 2 aromatic rings. The van der Waals surface area contributed by atoms with E-state index in [9.17, 15) is 13.2 Å². The van der Waals surface area contributed by atoms with Gasteiger partial charge in [-0.25, -0.2) is 8.42 Å². The fraction of sp³-hybridized carbons (Fsp3) is 0.611. The zero-order valence-electron chi connectivity index (χ0n) is 16.4. The van der Waals surface area contributed by atoms with Gasteiger partial charge < -0.3 is 10.2 Å². The summed E-state index contributed by atoms with van der Waals surface area (Å²) in [5, 5.41) is 14.4. The van der Waals surface area contributed by atoms with E-state index in [-0.39, 0.29) is 29.2 Å². The predicted molar refractivity (Wildman–Crippen MR) is 121 cm³/mol. The molecule has 0 bridgehead atoms. The van der Waals surface area contributed by atoms with E-state index in [1.54, 1.807) is 16.2 Å². The van der Waals surface area contributed by atoms with Gasteiger partial charge in [-0.3, -0.25) is 4.79 Å². The van der Waals surface area contributed by atoms with Crippen LogP contribution in [-0.4, -0.2) is 65.8 Å². The summed E-state index contributed by atoms with van der Waals surface area (Å²) in [6.07, 6.45) is 3.33. The number of nitrogens with zero attached hydrogens (tertiary/aromatic N) is 3. The molecule has 0 aromatic carbocycles. The van der Waals surface area contributed by atoms with Crippen LogP contribution in [0.3, 0.4) is 0 Å². The zero-order chi connectivity index (χ0) is 20.7. The van der Waals surface area contributed by atoms with Crippen LogP contribution in [0.25, 0.3) is 0 Å². The Morgan fingerprint density at radius 3 is 2.97 bits per heavy atom. The third-order valence-electron chi connectivity index (χ3n) is 4.68. The average Bonchev–Trinajstić information content (AvgIpc) is 3.42. The highest BCUT2D eigenvalue weighted by Crippen LogP contribution is 2.27. The highest BCUT2D eigenvalue weighted by molar-refractivity contribution is 8.01. The molecule has 1 aliphatic rings. The molecule has 1 fully saturated rings. The Morgan fingerprint density at radius 2 is 2.28 bits per heavy atom. The number of thioether (sulfide) groups is 1. The van der Waals surface area contributed by atoms with E-state index in [2.05, 4.69) is 33.9 Å².